The van der Waals surface area contributed by atoms with E-state index >= 15 is 0 Å². The maximum Gasteiger partial charge on any atom is 0.256 e. The topological polar surface area (TPSA) is 96.5 Å². The first-order chi connectivity index (χ1) is 17.9. The molecule has 3 rings (SSSR count). The molecule has 2 atom stereocenters. The van der Waals surface area contributed by atoms with E-state index in [2.05, 4.69) is 16.1 Å². The summed E-state index contributed by atoms with van der Waals surface area (Å²) in [5.41, 5.74) is 5.16. The number of hydroxylamine groups is 1. The summed E-state index contributed by atoms with van der Waals surface area (Å²) in [6, 6.07) is 27.6. The van der Waals surface area contributed by atoms with Crippen LogP contribution >= 0.6 is 0 Å². The number of nitrogens with one attached hydrogen (secondary N) is 3. The first kappa shape index (κ1) is 27.6. The van der Waals surface area contributed by atoms with Gasteiger partial charge in [0, 0.05) is 13.0 Å². The maximum absolute atomic E-state index is 13.3. The van der Waals surface area contributed by atoms with E-state index in [1.54, 1.807) is 0 Å². The van der Waals surface area contributed by atoms with Gasteiger partial charge >= 0.3 is 0 Å². The zero-order valence-corrected chi connectivity index (χ0v) is 21.4. The molecule has 3 aromatic carbocycles. The van der Waals surface area contributed by atoms with Gasteiger partial charge in [-0.05, 0) is 29.0 Å². The van der Waals surface area contributed by atoms with Crippen molar-refractivity contribution in [3.8, 4) is 0 Å². The molecule has 0 heterocycles. The molecule has 7 heteroatoms. The first-order valence-electron chi connectivity index (χ1n) is 12.5. The fraction of sp³-hybridized carbons (Fsp3) is 0.300. The third-order valence-electron chi connectivity index (χ3n) is 5.82. The third-order valence-corrected chi connectivity index (χ3v) is 5.82. The second-order valence-electron chi connectivity index (χ2n) is 9.38. The Morgan fingerprint density at radius 3 is 1.81 bits per heavy atom. The summed E-state index contributed by atoms with van der Waals surface area (Å²) in [6.45, 7) is 4.39. The third kappa shape index (κ3) is 9.54. The highest BCUT2D eigenvalue weighted by molar-refractivity contribution is 6.01. The lowest BCUT2D eigenvalue weighted by molar-refractivity contribution is -0.146. The predicted octanol–water partition coefficient (Wildman–Crippen LogP) is 3.94. The molecule has 37 heavy (non-hydrogen) atoms. The average Bonchev–Trinajstić information content (AvgIpc) is 2.91. The van der Waals surface area contributed by atoms with E-state index < -0.39 is 23.8 Å². The van der Waals surface area contributed by atoms with Gasteiger partial charge in [0.05, 0.1) is 6.61 Å². The summed E-state index contributed by atoms with van der Waals surface area (Å²) >= 11 is 0. The number of rotatable bonds is 13. The zero-order valence-electron chi connectivity index (χ0n) is 21.4. The van der Waals surface area contributed by atoms with Crippen LogP contribution in [0, 0.1) is 11.8 Å². The van der Waals surface area contributed by atoms with Gasteiger partial charge in [0.2, 0.25) is 11.8 Å². The number of amides is 3. The van der Waals surface area contributed by atoms with Crippen molar-refractivity contribution in [3.05, 3.63) is 108 Å². The van der Waals surface area contributed by atoms with E-state index in [-0.39, 0.29) is 18.4 Å². The van der Waals surface area contributed by atoms with Gasteiger partial charge in [-0.15, -0.1) is 0 Å². The molecule has 0 saturated carbocycles. The minimum absolute atomic E-state index is 0.0788. The van der Waals surface area contributed by atoms with Crippen LogP contribution in [0.1, 0.15) is 37.0 Å². The standard InChI is InChI=1S/C30H35N3O4/c1-22(2)18-26(29(35)33-37-21-25-16-10-5-11-17-25)28(34)32-27(19-23-12-6-3-7-13-23)30(36)31-20-24-14-8-4-9-15-24/h3-17,22,26-27H,18-21H2,1-2H3,(H,31,36)(H,32,34)(H,33,35)/t26?,27-/m0/s1. The fourth-order valence-electron chi connectivity index (χ4n) is 3.88. The predicted molar refractivity (Wildman–Crippen MR) is 143 cm³/mol. The molecule has 0 aliphatic heterocycles. The second-order valence-corrected chi connectivity index (χ2v) is 9.38. The van der Waals surface area contributed by atoms with Crippen molar-refractivity contribution >= 4 is 17.7 Å². The Labute approximate surface area is 218 Å². The van der Waals surface area contributed by atoms with Crippen LogP contribution in [0.25, 0.3) is 0 Å². The van der Waals surface area contributed by atoms with Crippen LogP contribution in [0.4, 0.5) is 0 Å². The summed E-state index contributed by atoms with van der Waals surface area (Å²) in [5, 5.41) is 5.74. The number of hydrogen-bond donors (Lipinski definition) is 3. The molecule has 0 aromatic heterocycles. The summed E-state index contributed by atoms with van der Waals surface area (Å²) in [7, 11) is 0. The number of hydrogen-bond acceptors (Lipinski definition) is 4. The lowest BCUT2D eigenvalue weighted by atomic mass is 9.94. The highest BCUT2D eigenvalue weighted by Crippen LogP contribution is 2.14. The fourth-order valence-corrected chi connectivity index (χ4v) is 3.88. The van der Waals surface area contributed by atoms with Crippen LogP contribution in [0.2, 0.25) is 0 Å². The monoisotopic (exact) mass is 501 g/mol. The van der Waals surface area contributed by atoms with Crippen LogP contribution in [-0.4, -0.2) is 23.8 Å². The van der Waals surface area contributed by atoms with Crippen LogP contribution in [0.15, 0.2) is 91.0 Å². The first-order valence-corrected chi connectivity index (χ1v) is 12.5. The molecular weight excluding hydrogens is 466 g/mol. The van der Waals surface area contributed by atoms with Crippen LogP contribution < -0.4 is 16.1 Å². The minimum atomic E-state index is -1.00. The van der Waals surface area contributed by atoms with E-state index in [0.29, 0.717) is 19.4 Å². The van der Waals surface area contributed by atoms with Crippen molar-refractivity contribution in [2.45, 2.75) is 45.9 Å². The number of carbonyl (C=O) groups excluding carboxylic acids is 3. The Balaban J connectivity index is 1.67. The van der Waals surface area contributed by atoms with Crippen LogP contribution in [-0.2, 0) is 38.8 Å². The Morgan fingerprint density at radius 2 is 1.24 bits per heavy atom. The Bertz CT molecular complexity index is 1120. The van der Waals surface area contributed by atoms with Crippen molar-refractivity contribution in [2.24, 2.45) is 11.8 Å². The summed E-state index contributed by atoms with van der Waals surface area (Å²) in [4.78, 5) is 44.8. The molecule has 7 nitrogen and oxygen atoms in total. The van der Waals surface area contributed by atoms with E-state index in [1.165, 1.54) is 0 Å². The van der Waals surface area contributed by atoms with E-state index in [1.807, 2.05) is 105 Å². The van der Waals surface area contributed by atoms with Gasteiger partial charge in [0.25, 0.3) is 5.91 Å². The van der Waals surface area contributed by atoms with Crippen molar-refractivity contribution < 1.29 is 19.2 Å². The zero-order chi connectivity index (χ0) is 26.5. The van der Waals surface area contributed by atoms with Crippen LogP contribution in [0.3, 0.4) is 0 Å². The minimum Gasteiger partial charge on any atom is -0.350 e. The van der Waals surface area contributed by atoms with Gasteiger partial charge in [0.1, 0.15) is 12.0 Å². The molecule has 0 radical (unpaired) electrons. The van der Waals surface area contributed by atoms with Crippen molar-refractivity contribution in [1.29, 1.82) is 0 Å². The van der Waals surface area contributed by atoms with Crippen molar-refractivity contribution in [3.63, 3.8) is 0 Å². The summed E-state index contributed by atoms with van der Waals surface area (Å²) < 4.78 is 0. The molecule has 0 bridgehead atoms. The molecule has 0 aliphatic rings. The SMILES string of the molecule is CC(C)CC(C(=O)NOCc1ccccc1)C(=O)N[C@@H](Cc1ccccc1)C(=O)NCc1ccccc1. The summed E-state index contributed by atoms with van der Waals surface area (Å²) in [6.07, 6.45) is 0.615. The van der Waals surface area contributed by atoms with E-state index in [9.17, 15) is 14.4 Å². The van der Waals surface area contributed by atoms with Gasteiger partial charge in [-0.25, -0.2) is 5.48 Å². The van der Waals surface area contributed by atoms with Gasteiger partial charge in [-0.1, -0.05) is 105 Å². The summed E-state index contributed by atoms with van der Waals surface area (Å²) in [5.74, 6) is -2.29. The molecular formula is C30H35N3O4. The van der Waals surface area contributed by atoms with Crippen LogP contribution in [0.5, 0.6) is 0 Å². The molecule has 0 fully saturated rings. The molecule has 194 valence electrons. The van der Waals surface area contributed by atoms with Crippen molar-refractivity contribution in [1.82, 2.24) is 16.1 Å². The molecule has 3 N–H and O–H groups in total. The molecule has 3 amide bonds. The quantitative estimate of drug-likeness (QED) is 0.244. The van der Waals surface area contributed by atoms with Crippen molar-refractivity contribution in [2.75, 3.05) is 0 Å². The highest BCUT2D eigenvalue weighted by atomic mass is 16.6. The number of carbonyl (C=O) groups is 3. The van der Waals surface area contributed by atoms with Gasteiger partial charge in [-0.2, -0.15) is 0 Å². The van der Waals surface area contributed by atoms with Gasteiger partial charge < -0.3 is 10.6 Å². The number of benzene rings is 3. The smallest absolute Gasteiger partial charge is 0.256 e. The normalized spacial score (nSPS) is 12.4. The molecule has 0 aliphatic carbocycles. The molecule has 3 aromatic rings. The van der Waals surface area contributed by atoms with Gasteiger partial charge in [-0.3, -0.25) is 19.2 Å². The lowest BCUT2D eigenvalue weighted by Gasteiger charge is -2.23. The Hall–Kier alpha value is -3.97. The van der Waals surface area contributed by atoms with Gasteiger partial charge in [0.15, 0.2) is 0 Å². The highest BCUT2D eigenvalue weighted by Gasteiger charge is 2.31. The van der Waals surface area contributed by atoms with E-state index in [0.717, 1.165) is 16.7 Å². The lowest BCUT2D eigenvalue weighted by Crippen LogP contribution is -2.51. The molecule has 0 spiro atoms. The second kappa shape index (κ2) is 14.6. The molecule has 0 saturated heterocycles. The largest absolute Gasteiger partial charge is 0.350 e. The maximum atomic E-state index is 13.3. The average molecular weight is 502 g/mol. The Morgan fingerprint density at radius 1 is 0.703 bits per heavy atom. The van der Waals surface area contributed by atoms with E-state index in [4.69, 9.17) is 4.84 Å². The Kier molecular flexibility index (Phi) is 10.9. The molecule has 1 unspecified atom stereocenters.